The lowest BCUT2D eigenvalue weighted by molar-refractivity contribution is -0.384. The Kier molecular flexibility index (Phi) is 4.20. The van der Waals surface area contributed by atoms with Gasteiger partial charge in [-0.15, -0.1) is 6.58 Å². The van der Waals surface area contributed by atoms with Crippen LogP contribution in [0.3, 0.4) is 0 Å². The Balaban J connectivity index is 3.03. The Morgan fingerprint density at radius 2 is 2.06 bits per heavy atom. The monoisotopic (exact) mass is 285 g/mol. The number of nitrogens with zero attached hydrogens (tertiary/aromatic N) is 1. The molecule has 0 aliphatic rings. The van der Waals surface area contributed by atoms with Gasteiger partial charge in [-0.3, -0.25) is 10.1 Å². The summed E-state index contributed by atoms with van der Waals surface area (Å²) in [5, 5.41) is 21.1. The van der Waals surface area contributed by atoms with E-state index < -0.39 is 10.5 Å². The van der Waals surface area contributed by atoms with Crippen molar-refractivity contribution in [3.05, 3.63) is 52.6 Å². The van der Waals surface area contributed by atoms with Crippen LogP contribution in [-0.4, -0.2) is 15.4 Å². The number of halogens is 1. The van der Waals surface area contributed by atoms with Crippen LogP contribution in [0.15, 0.2) is 36.9 Å². The van der Waals surface area contributed by atoms with Crippen LogP contribution in [0.2, 0.25) is 0 Å². The first kappa shape index (κ1) is 12.9. The normalized spacial score (nSPS) is 14.1. The van der Waals surface area contributed by atoms with Crippen molar-refractivity contribution in [2.75, 3.05) is 5.33 Å². The minimum absolute atomic E-state index is 0.0132. The van der Waals surface area contributed by atoms with Gasteiger partial charge >= 0.3 is 0 Å². The SMILES string of the molecule is C=CCC(O)(CBr)c1ccc([N+](=O)[O-])cc1. The highest BCUT2D eigenvalue weighted by Gasteiger charge is 2.26. The lowest BCUT2D eigenvalue weighted by atomic mass is 9.92. The maximum Gasteiger partial charge on any atom is 0.269 e. The molecule has 0 aliphatic carbocycles. The molecule has 0 aromatic heterocycles. The highest BCUT2D eigenvalue weighted by atomic mass is 79.9. The lowest BCUT2D eigenvalue weighted by Crippen LogP contribution is -2.26. The molecule has 0 saturated carbocycles. The van der Waals surface area contributed by atoms with Crippen LogP contribution in [-0.2, 0) is 5.60 Å². The summed E-state index contributed by atoms with van der Waals surface area (Å²) in [4.78, 5) is 10.0. The zero-order chi connectivity index (χ0) is 12.2. The van der Waals surface area contributed by atoms with Crippen LogP contribution in [0.5, 0.6) is 0 Å². The number of nitro benzene ring substituents is 1. The summed E-state index contributed by atoms with van der Waals surface area (Å²) >= 11 is 3.23. The van der Waals surface area contributed by atoms with Gasteiger partial charge in [-0.05, 0) is 24.1 Å². The molecule has 1 atom stereocenters. The van der Waals surface area contributed by atoms with Gasteiger partial charge in [0.2, 0.25) is 0 Å². The molecule has 86 valence electrons. The van der Waals surface area contributed by atoms with Crippen molar-refractivity contribution in [2.24, 2.45) is 0 Å². The number of benzene rings is 1. The smallest absolute Gasteiger partial charge is 0.269 e. The quantitative estimate of drug-likeness (QED) is 0.392. The van der Waals surface area contributed by atoms with E-state index in [-0.39, 0.29) is 5.69 Å². The summed E-state index contributed by atoms with van der Waals surface area (Å²) in [6.07, 6.45) is 2.00. The molecule has 0 aliphatic heterocycles. The maximum atomic E-state index is 10.5. The van der Waals surface area contributed by atoms with Crippen LogP contribution in [0, 0.1) is 10.1 Å². The first-order chi connectivity index (χ1) is 7.53. The van der Waals surface area contributed by atoms with E-state index in [0.717, 1.165) is 0 Å². The number of rotatable bonds is 5. The number of nitro groups is 1. The van der Waals surface area contributed by atoms with Crippen LogP contribution in [0.4, 0.5) is 5.69 Å². The average Bonchev–Trinajstić information content (AvgIpc) is 2.29. The third-order valence-electron chi connectivity index (χ3n) is 2.32. The van der Waals surface area contributed by atoms with Gasteiger partial charge in [-0.1, -0.05) is 22.0 Å². The second-order valence-corrected chi connectivity index (χ2v) is 4.02. The molecule has 0 saturated heterocycles. The van der Waals surface area contributed by atoms with Crippen molar-refractivity contribution in [3.8, 4) is 0 Å². The summed E-state index contributed by atoms with van der Waals surface area (Å²) in [5.74, 6) is 0. The number of non-ortho nitro benzene ring substituents is 1. The second-order valence-electron chi connectivity index (χ2n) is 3.46. The summed E-state index contributed by atoms with van der Waals surface area (Å²) in [6, 6.07) is 5.88. The number of hydrogen-bond donors (Lipinski definition) is 1. The van der Waals surface area contributed by atoms with Crippen molar-refractivity contribution in [2.45, 2.75) is 12.0 Å². The number of aliphatic hydroxyl groups is 1. The summed E-state index contributed by atoms with van der Waals surface area (Å²) in [7, 11) is 0. The highest BCUT2D eigenvalue weighted by molar-refractivity contribution is 9.09. The molecular formula is C11H12BrNO3. The van der Waals surface area contributed by atoms with E-state index in [4.69, 9.17) is 0 Å². The largest absolute Gasteiger partial charge is 0.384 e. The molecule has 1 unspecified atom stereocenters. The van der Waals surface area contributed by atoms with E-state index in [1.165, 1.54) is 12.1 Å². The second kappa shape index (κ2) is 5.23. The minimum Gasteiger partial charge on any atom is -0.384 e. The molecule has 1 rings (SSSR count). The van der Waals surface area contributed by atoms with Gasteiger partial charge in [-0.2, -0.15) is 0 Å². The van der Waals surface area contributed by atoms with E-state index in [1.807, 2.05) is 0 Å². The number of alkyl halides is 1. The van der Waals surface area contributed by atoms with E-state index >= 15 is 0 Å². The fraction of sp³-hybridized carbons (Fsp3) is 0.273. The van der Waals surface area contributed by atoms with Gasteiger partial charge in [0.25, 0.3) is 5.69 Å². The van der Waals surface area contributed by atoms with Gasteiger partial charge in [0.15, 0.2) is 0 Å². The fourth-order valence-electron chi connectivity index (χ4n) is 1.38. The Morgan fingerprint density at radius 3 is 2.44 bits per heavy atom. The van der Waals surface area contributed by atoms with Crippen LogP contribution in [0.25, 0.3) is 0 Å². The summed E-state index contributed by atoms with van der Waals surface area (Å²) < 4.78 is 0. The molecule has 0 spiro atoms. The molecular weight excluding hydrogens is 274 g/mol. The van der Waals surface area contributed by atoms with Gasteiger partial charge in [0.05, 0.1) is 4.92 Å². The Bertz CT molecular complexity index is 391. The van der Waals surface area contributed by atoms with E-state index in [1.54, 1.807) is 18.2 Å². The average molecular weight is 286 g/mol. The Labute approximate surface area is 102 Å². The number of hydrogen-bond acceptors (Lipinski definition) is 3. The molecule has 1 N–H and O–H groups in total. The zero-order valence-corrected chi connectivity index (χ0v) is 10.2. The van der Waals surface area contributed by atoms with Crippen molar-refractivity contribution in [1.29, 1.82) is 0 Å². The van der Waals surface area contributed by atoms with Crippen LogP contribution in [0.1, 0.15) is 12.0 Å². The first-order valence-corrected chi connectivity index (χ1v) is 5.80. The fourth-order valence-corrected chi connectivity index (χ4v) is 1.93. The van der Waals surface area contributed by atoms with Gasteiger partial charge in [0, 0.05) is 17.5 Å². The zero-order valence-electron chi connectivity index (χ0n) is 8.60. The molecule has 1 aromatic rings. The predicted octanol–water partition coefficient (Wildman–Crippen LogP) is 2.75. The van der Waals surface area contributed by atoms with Crippen molar-refractivity contribution in [1.82, 2.24) is 0 Å². The van der Waals surface area contributed by atoms with E-state index in [9.17, 15) is 15.2 Å². The third-order valence-corrected chi connectivity index (χ3v) is 3.25. The van der Waals surface area contributed by atoms with Crippen molar-refractivity contribution >= 4 is 21.6 Å². The van der Waals surface area contributed by atoms with Gasteiger partial charge in [0.1, 0.15) is 5.60 Å². The Hall–Kier alpha value is -1.20. The molecule has 4 nitrogen and oxygen atoms in total. The maximum absolute atomic E-state index is 10.5. The predicted molar refractivity (Wildman–Crippen MR) is 65.6 cm³/mol. The summed E-state index contributed by atoms with van der Waals surface area (Å²) in [5.41, 5.74) is -0.411. The lowest BCUT2D eigenvalue weighted by Gasteiger charge is -2.24. The topological polar surface area (TPSA) is 63.4 Å². The molecule has 0 amide bonds. The molecule has 0 bridgehead atoms. The first-order valence-electron chi connectivity index (χ1n) is 4.67. The summed E-state index contributed by atoms with van der Waals surface area (Å²) in [6.45, 7) is 3.58. The van der Waals surface area contributed by atoms with Gasteiger partial charge < -0.3 is 5.11 Å². The molecule has 1 aromatic carbocycles. The standard InChI is InChI=1S/C11H12BrNO3/c1-2-7-11(14,8-12)9-3-5-10(6-4-9)13(15)16/h2-6,14H,1,7-8H2. The minimum atomic E-state index is -1.06. The van der Waals surface area contributed by atoms with E-state index in [2.05, 4.69) is 22.5 Å². The molecule has 0 fully saturated rings. The third kappa shape index (κ3) is 2.68. The van der Waals surface area contributed by atoms with Crippen molar-refractivity contribution in [3.63, 3.8) is 0 Å². The Morgan fingerprint density at radius 1 is 1.50 bits per heavy atom. The molecule has 0 heterocycles. The molecule has 0 radical (unpaired) electrons. The van der Waals surface area contributed by atoms with Crippen LogP contribution >= 0.6 is 15.9 Å². The van der Waals surface area contributed by atoms with E-state index in [0.29, 0.717) is 17.3 Å². The van der Waals surface area contributed by atoms with Crippen LogP contribution < -0.4 is 0 Å². The molecule has 16 heavy (non-hydrogen) atoms. The highest BCUT2D eigenvalue weighted by Crippen LogP contribution is 2.28. The van der Waals surface area contributed by atoms with Gasteiger partial charge in [-0.25, -0.2) is 0 Å². The van der Waals surface area contributed by atoms with Crippen molar-refractivity contribution < 1.29 is 10.0 Å². The molecule has 5 heteroatoms.